The quantitative estimate of drug-likeness (QED) is 0.549. The molecule has 51 valence electrons. The second-order valence-electron chi connectivity index (χ2n) is 3.06. The van der Waals surface area contributed by atoms with Crippen LogP contribution in [0.1, 0.15) is 29.9 Å². The van der Waals surface area contributed by atoms with E-state index in [4.69, 9.17) is 0 Å². The van der Waals surface area contributed by atoms with E-state index >= 15 is 0 Å². The molecular weight excluding hydrogens is 120 g/mol. The molecule has 0 unspecified atom stereocenters. The van der Waals surface area contributed by atoms with E-state index < -0.39 is 0 Å². The van der Waals surface area contributed by atoms with Crippen molar-refractivity contribution < 1.29 is 0 Å². The maximum atomic E-state index is 3.37. The Morgan fingerprint density at radius 2 is 2.20 bits per heavy atom. The van der Waals surface area contributed by atoms with Gasteiger partial charge in [0, 0.05) is 0 Å². The Kier molecular flexibility index (Phi) is 1.26. The van der Waals surface area contributed by atoms with Gasteiger partial charge in [-0.05, 0) is 42.9 Å². The highest BCUT2D eigenvalue weighted by molar-refractivity contribution is 5.26. The molecule has 1 aliphatic rings. The van der Waals surface area contributed by atoms with Crippen LogP contribution in [-0.4, -0.2) is 0 Å². The van der Waals surface area contributed by atoms with Crippen molar-refractivity contribution in [2.75, 3.05) is 0 Å². The normalized spacial score (nSPS) is 17.3. The summed E-state index contributed by atoms with van der Waals surface area (Å²) < 4.78 is 0. The second-order valence-corrected chi connectivity index (χ2v) is 3.06. The van der Waals surface area contributed by atoms with Crippen LogP contribution >= 0.6 is 0 Å². The Morgan fingerprint density at radius 3 is 2.80 bits per heavy atom. The first-order chi connectivity index (χ1) is 4.86. The van der Waals surface area contributed by atoms with Gasteiger partial charge in [0.1, 0.15) is 0 Å². The minimum atomic E-state index is 0.847. The van der Waals surface area contributed by atoms with Crippen LogP contribution in [0.15, 0.2) is 18.2 Å². The topological polar surface area (TPSA) is 0 Å². The van der Waals surface area contributed by atoms with Gasteiger partial charge >= 0.3 is 0 Å². The van der Waals surface area contributed by atoms with Crippen molar-refractivity contribution in [1.82, 2.24) is 0 Å². The zero-order valence-corrected chi connectivity index (χ0v) is 6.22. The predicted molar refractivity (Wildman–Crippen MR) is 42.0 cm³/mol. The zero-order valence-electron chi connectivity index (χ0n) is 6.22. The molecule has 0 bridgehead atoms. The largest absolute Gasteiger partial charge is 0.0617 e. The molecule has 2 rings (SSSR count). The predicted octanol–water partition coefficient (Wildman–Crippen LogP) is 2.67. The van der Waals surface area contributed by atoms with E-state index in [1.165, 1.54) is 24.0 Å². The Hall–Kier alpha value is -0.780. The lowest BCUT2D eigenvalue weighted by molar-refractivity contribution is 1.12. The molecule has 1 aromatic carbocycles. The van der Waals surface area contributed by atoms with E-state index in [9.17, 15) is 0 Å². The molecule has 0 heteroatoms. The fourth-order valence-corrected chi connectivity index (χ4v) is 1.24. The summed E-state index contributed by atoms with van der Waals surface area (Å²) in [5.74, 6) is 0.847. The van der Waals surface area contributed by atoms with Crippen LogP contribution in [0.25, 0.3) is 0 Å². The third-order valence-corrected chi connectivity index (χ3v) is 1.98. The summed E-state index contributed by atoms with van der Waals surface area (Å²) in [7, 11) is 0. The fraction of sp³-hybridized carbons (Fsp3) is 0.400. The van der Waals surface area contributed by atoms with Crippen LogP contribution in [0.3, 0.4) is 0 Å². The van der Waals surface area contributed by atoms with Gasteiger partial charge in [0.2, 0.25) is 0 Å². The molecule has 10 heavy (non-hydrogen) atoms. The van der Waals surface area contributed by atoms with Crippen molar-refractivity contribution in [3.8, 4) is 0 Å². The Bertz CT molecular complexity index is 234. The van der Waals surface area contributed by atoms with Gasteiger partial charge in [-0.2, -0.15) is 0 Å². The van der Waals surface area contributed by atoms with Gasteiger partial charge < -0.3 is 0 Å². The highest BCUT2D eigenvalue weighted by Crippen LogP contribution is 2.39. The molecule has 0 atom stereocenters. The fourth-order valence-electron chi connectivity index (χ4n) is 1.24. The lowest BCUT2D eigenvalue weighted by atomic mass is 10.1. The zero-order chi connectivity index (χ0) is 6.97. The number of hydrogen-bond donors (Lipinski definition) is 0. The maximum absolute atomic E-state index is 3.37. The molecule has 0 aliphatic heterocycles. The van der Waals surface area contributed by atoms with Gasteiger partial charge in [-0.3, -0.25) is 0 Å². The Balaban J connectivity index is 2.32. The van der Waals surface area contributed by atoms with Crippen LogP contribution in [-0.2, 0) is 0 Å². The first-order valence-electron chi connectivity index (χ1n) is 3.85. The molecule has 0 N–H and O–H groups in total. The molecule has 1 fully saturated rings. The minimum Gasteiger partial charge on any atom is -0.0617 e. The van der Waals surface area contributed by atoms with Gasteiger partial charge in [-0.25, -0.2) is 0 Å². The van der Waals surface area contributed by atoms with Crippen molar-refractivity contribution in [1.29, 1.82) is 0 Å². The van der Waals surface area contributed by atoms with E-state index in [1.807, 2.05) is 0 Å². The molecule has 1 radical (unpaired) electrons. The minimum absolute atomic E-state index is 0.847. The third-order valence-electron chi connectivity index (χ3n) is 1.98. The van der Waals surface area contributed by atoms with Crippen LogP contribution < -0.4 is 0 Å². The molecule has 0 aromatic heterocycles. The molecule has 0 saturated heterocycles. The molecule has 1 saturated carbocycles. The first kappa shape index (κ1) is 5.96. The van der Waals surface area contributed by atoms with E-state index in [-0.39, 0.29) is 0 Å². The summed E-state index contributed by atoms with van der Waals surface area (Å²) >= 11 is 0. The average molecular weight is 131 g/mol. The van der Waals surface area contributed by atoms with Crippen molar-refractivity contribution in [3.05, 3.63) is 35.4 Å². The SMILES string of the molecule is Cc1[c]c(C2CC2)ccc1. The average Bonchev–Trinajstić information content (AvgIpc) is 2.68. The number of hydrogen-bond acceptors (Lipinski definition) is 0. The Morgan fingerprint density at radius 1 is 1.40 bits per heavy atom. The van der Waals surface area contributed by atoms with Gasteiger partial charge in [0.05, 0.1) is 0 Å². The number of aryl methyl sites for hydroxylation is 1. The van der Waals surface area contributed by atoms with Crippen LogP contribution in [0, 0.1) is 13.0 Å². The molecule has 0 amide bonds. The molecule has 0 spiro atoms. The van der Waals surface area contributed by atoms with Crippen molar-refractivity contribution in [3.63, 3.8) is 0 Å². The number of rotatable bonds is 1. The van der Waals surface area contributed by atoms with Crippen LogP contribution in [0.2, 0.25) is 0 Å². The summed E-state index contributed by atoms with van der Waals surface area (Å²) in [4.78, 5) is 0. The highest BCUT2D eigenvalue weighted by Gasteiger charge is 2.23. The van der Waals surface area contributed by atoms with E-state index in [0.717, 1.165) is 5.92 Å². The van der Waals surface area contributed by atoms with E-state index in [0.29, 0.717) is 0 Å². The number of benzene rings is 1. The molecule has 1 aliphatic carbocycles. The van der Waals surface area contributed by atoms with Crippen molar-refractivity contribution in [2.24, 2.45) is 0 Å². The summed E-state index contributed by atoms with van der Waals surface area (Å²) in [6.45, 7) is 2.10. The second kappa shape index (κ2) is 2.12. The third kappa shape index (κ3) is 1.06. The lowest BCUT2D eigenvalue weighted by Gasteiger charge is -1.96. The summed E-state index contributed by atoms with van der Waals surface area (Å²) in [6.07, 6.45) is 2.75. The van der Waals surface area contributed by atoms with Gasteiger partial charge in [-0.1, -0.05) is 18.2 Å². The van der Waals surface area contributed by atoms with Gasteiger partial charge in [-0.15, -0.1) is 0 Å². The summed E-state index contributed by atoms with van der Waals surface area (Å²) in [5.41, 5.74) is 2.68. The molecular formula is C10H11. The molecule has 0 nitrogen and oxygen atoms in total. The van der Waals surface area contributed by atoms with E-state index in [1.54, 1.807) is 0 Å². The summed E-state index contributed by atoms with van der Waals surface area (Å²) in [5, 5.41) is 0. The summed E-state index contributed by atoms with van der Waals surface area (Å²) in [6, 6.07) is 9.78. The standard InChI is InChI=1S/C10H11/c1-8-3-2-4-10(7-8)9-5-6-9/h2-4,9H,5-6H2,1H3. The van der Waals surface area contributed by atoms with E-state index in [2.05, 4.69) is 31.2 Å². The van der Waals surface area contributed by atoms with Crippen LogP contribution in [0.5, 0.6) is 0 Å². The highest BCUT2D eigenvalue weighted by atomic mass is 14.3. The molecule has 0 heterocycles. The first-order valence-corrected chi connectivity index (χ1v) is 3.85. The van der Waals surface area contributed by atoms with Crippen molar-refractivity contribution in [2.45, 2.75) is 25.7 Å². The Labute approximate surface area is 61.9 Å². The van der Waals surface area contributed by atoms with Gasteiger partial charge in [0.25, 0.3) is 0 Å². The van der Waals surface area contributed by atoms with Crippen molar-refractivity contribution >= 4 is 0 Å². The lowest BCUT2D eigenvalue weighted by Crippen LogP contribution is -1.79. The maximum Gasteiger partial charge on any atom is -0.0114 e. The monoisotopic (exact) mass is 131 g/mol. The smallest absolute Gasteiger partial charge is 0.0114 e. The molecule has 1 aromatic rings. The van der Waals surface area contributed by atoms with Crippen LogP contribution in [0.4, 0.5) is 0 Å². The van der Waals surface area contributed by atoms with Gasteiger partial charge in [0.15, 0.2) is 0 Å².